The molecule has 0 saturated heterocycles. The minimum absolute atomic E-state index is 0.00262. The molecule has 0 aliphatic carbocycles. The lowest BCUT2D eigenvalue weighted by Crippen LogP contribution is -2.30. The summed E-state index contributed by atoms with van der Waals surface area (Å²) < 4.78 is 6.49. The van der Waals surface area contributed by atoms with Gasteiger partial charge in [-0.05, 0) is 60.4 Å². The molecule has 6 heteroatoms. The maximum absolute atomic E-state index is 12.6. The zero-order valence-corrected chi connectivity index (χ0v) is 26.3. The van der Waals surface area contributed by atoms with Gasteiger partial charge in [0.25, 0.3) is 0 Å². The number of ketones is 1. The van der Waals surface area contributed by atoms with Crippen LogP contribution in [-0.2, 0) is 15.6 Å². The Hall–Kier alpha value is -3.31. The Morgan fingerprint density at radius 1 is 0.854 bits per heavy atom. The molecule has 0 radical (unpaired) electrons. The van der Waals surface area contributed by atoms with Crippen molar-refractivity contribution < 1.29 is 14.3 Å². The average Bonchev–Trinajstić information content (AvgIpc) is 2.97. The highest BCUT2D eigenvalue weighted by Gasteiger charge is 2.27. The van der Waals surface area contributed by atoms with Gasteiger partial charge in [-0.25, -0.2) is 0 Å². The Balaban J connectivity index is 1.59. The second-order valence-electron chi connectivity index (χ2n) is 12.0. The van der Waals surface area contributed by atoms with Gasteiger partial charge in [-0.3, -0.25) is 9.59 Å². The number of anilines is 2. The highest BCUT2D eigenvalue weighted by atomic mass is 35.5. The van der Waals surface area contributed by atoms with Gasteiger partial charge in [-0.2, -0.15) is 0 Å². The van der Waals surface area contributed by atoms with Gasteiger partial charge in [0.05, 0.1) is 6.10 Å². The van der Waals surface area contributed by atoms with E-state index in [0.717, 1.165) is 30.7 Å². The van der Waals surface area contributed by atoms with Crippen LogP contribution >= 0.6 is 11.6 Å². The molecule has 1 amide bonds. The summed E-state index contributed by atoms with van der Waals surface area (Å²) >= 11 is 6.19. The van der Waals surface area contributed by atoms with Gasteiger partial charge in [-0.15, -0.1) is 11.6 Å². The van der Waals surface area contributed by atoms with Crippen LogP contribution in [0.2, 0.25) is 0 Å². The maximum Gasteiger partial charge on any atom is 0.250 e. The topological polar surface area (TPSA) is 67.4 Å². The van der Waals surface area contributed by atoms with Gasteiger partial charge in [0.2, 0.25) is 5.91 Å². The number of benzene rings is 3. The van der Waals surface area contributed by atoms with Crippen molar-refractivity contribution in [3.63, 3.8) is 0 Å². The fraction of sp³-hybridized carbons (Fsp3) is 0.429. The number of carbonyl (C=O) groups excluding carboxylic acids is 2. The quantitative estimate of drug-likeness (QED) is 0.114. The van der Waals surface area contributed by atoms with Crippen LogP contribution in [-0.4, -0.2) is 29.7 Å². The predicted octanol–water partition coefficient (Wildman–Crippen LogP) is 8.76. The minimum atomic E-state index is -1.31. The molecule has 0 saturated carbocycles. The molecule has 3 aromatic carbocycles. The molecule has 5 nitrogen and oxygen atoms in total. The maximum atomic E-state index is 12.6. The van der Waals surface area contributed by atoms with Crippen LogP contribution in [0.15, 0.2) is 72.8 Å². The van der Waals surface area contributed by atoms with Gasteiger partial charge in [0.1, 0.15) is 5.75 Å². The lowest BCUT2D eigenvalue weighted by Gasteiger charge is -2.31. The van der Waals surface area contributed by atoms with E-state index in [2.05, 4.69) is 77.3 Å². The van der Waals surface area contributed by atoms with E-state index in [1.807, 2.05) is 18.2 Å². The van der Waals surface area contributed by atoms with E-state index in [1.54, 1.807) is 36.4 Å². The van der Waals surface area contributed by atoms with Gasteiger partial charge in [0.15, 0.2) is 11.2 Å². The van der Waals surface area contributed by atoms with Crippen LogP contribution in [0.1, 0.15) is 89.2 Å². The molecule has 3 rings (SSSR count). The van der Waals surface area contributed by atoms with Crippen molar-refractivity contribution in [1.82, 2.24) is 0 Å². The van der Waals surface area contributed by atoms with E-state index in [9.17, 15) is 9.59 Å². The number of rotatable bonds is 14. The number of alkyl halides is 1. The number of hydrogen-bond acceptors (Lipinski definition) is 4. The summed E-state index contributed by atoms with van der Waals surface area (Å²) in [6, 6.07) is 22.6. The molecule has 220 valence electrons. The Bertz CT molecular complexity index is 1320. The Morgan fingerprint density at radius 2 is 1.51 bits per heavy atom. The molecule has 2 N–H and O–H groups in total. The molecular weight excluding hydrogens is 532 g/mol. The molecule has 0 fully saturated rings. The summed E-state index contributed by atoms with van der Waals surface area (Å²) in [4.78, 5) is 25.2. The zero-order valence-electron chi connectivity index (χ0n) is 25.5. The molecule has 3 aromatic rings. The monoisotopic (exact) mass is 576 g/mol. The molecule has 0 heterocycles. The van der Waals surface area contributed by atoms with Crippen LogP contribution in [0, 0.1) is 0 Å². The van der Waals surface area contributed by atoms with E-state index in [0.29, 0.717) is 17.8 Å². The Labute approximate surface area is 251 Å². The Kier molecular flexibility index (Phi) is 11.0. The van der Waals surface area contributed by atoms with Crippen LogP contribution in [0.4, 0.5) is 11.4 Å². The zero-order chi connectivity index (χ0) is 30.2. The number of amides is 1. The lowest BCUT2D eigenvalue weighted by molar-refractivity contribution is -0.115. The van der Waals surface area contributed by atoms with Crippen molar-refractivity contribution in [3.8, 4) is 5.75 Å². The van der Waals surface area contributed by atoms with Gasteiger partial charge < -0.3 is 15.4 Å². The van der Waals surface area contributed by atoms with Gasteiger partial charge in [-0.1, -0.05) is 90.1 Å². The number of ether oxygens (including phenoxy) is 1. The number of halogens is 1. The van der Waals surface area contributed by atoms with Crippen molar-refractivity contribution in [2.45, 2.75) is 90.0 Å². The lowest BCUT2D eigenvalue weighted by atomic mass is 9.76. The molecule has 2 atom stereocenters. The smallest absolute Gasteiger partial charge is 0.250 e. The van der Waals surface area contributed by atoms with E-state index in [-0.39, 0.29) is 16.9 Å². The summed E-state index contributed by atoms with van der Waals surface area (Å²) in [5.74, 6) is -0.0357. The SMILES string of the molecule is CCC(C)(C)c1ccc(OC(C)CCNc2cccc(NC(=O)C(Cl)C(=O)c3ccccc3)c2)c(C(C)(C)CC)c1. The summed E-state index contributed by atoms with van der Waals surface area (Å²) in [7, 11) is 0. The van der Waals surface area contributed by atoms with Crippen molar-refractivity contribution in [2.75, 3.05) is 17.2 Å². The number of Topliss-reactive ketones (excluding diaryl/α,β-unsaturated/α-hetero) is 1. The van der Waals surface area contributed by atoms with Gasteiger partial charge in [0, 0.05) is 35.5 Å². The summed E-state index contributed by atoms with van der Waals surface area (Å²) in [6.07, 6.45) is 2.89. The van der Waals surface area contributed by atoms with Crippen LogP contribution in [0.5, 0.6) is 5.75 Å². The molecule has 0 aliphatic rings. The van der Waals surface area contributed by atoms with Crippen molar-refractivity contribution in [1.29, 1.82) is 0 Å². The number of hydrogen-bond donors (Lipinski definition) is 2. The molecular formula is C35H45ClN2O3. The first kappa shape index (κ1) is 32.2. The average molecular weight is 577 g/mol. The highest BCUT2D eigenvalue weighted by Crippen LogP contribution is 2.39. The molecule has 0 aromatic heterocycles. The summed E-state index contributed by atoms with van der Waals surface area (Å²) in [6.45, 7) is 16.4. The van der Waals surface area contributed by atoms with E-state index < -0.39 is 17.1 Å². The third-order valence-corrected chi connectivity index (χ3v) is 8.51. The fourth-order valence-electron chi connectivity index (χ4n) is 4.45. The first-order valence-corrected chi connectivity index (χ1v) is 15.0. The molecule has 0 spiro atoms. The van der Waals surface area contributed by atoms with Crippen LogP contribution < -0.4 is 15.4 Å². The normalized spacial score (nSPS) is 13.3. The third kappa shape index (κ3) is 8.59. The largest absolute Gasteiger partial charge is 0.490 e. The van der Waals surface area contributed by atoms with Crippen molar-refractivity contribution in [3.05, 3.63) is 89.5 Å². The van der Waals surface area contributed by atoms with Crippen molar-refractivity contribution >= 4 is 34.7 Å². The van der Waals surface area contributed by atoms with Crippen LogP contribution in [0.25, 0.3) is 0 Å². The molecule has 2 unspecified atom stereocenters. The summed E-state index contributed by atoms with van der Waals surface area (Å²) in [5, 5.41) is 4.86. The van der Waals surface area contributed by atoms with Crippen LogP contribution in [0.3, 0.4) is 0 Å². The van der Waals surface area contributed by atoms with E-state index in [4.69, 9.17) is 16.3 Å². The number of carbonyl (C=O) groups is 2. The second kappa shape index (κ2) is 14.0. The number of nitrogens with one attached hydrogen (secondary N) is 2. The summed E-state index contributed by atoms with van der Waals surface area (Å²) in [5.41, 5.74) is 4.54. The molecule has 0 bridgehead atoms. The highest BCUT2D eigenvalue weighted by molar-refractivity contribution is 6.45. The van der Waals surface area contributed by atoms with E-state index in [1.165, 1.54) is 11.1 Å². The van der Waals surface area contributed by atoms with Crippen molar-refractivity contribution in [2.24, 2.45) is 0 Å². The molecule has 41 heavy (non-hydrogen) atoms. The Morgan fingerprint density at radius 3 is 2.17 bits per heavy atom. The fourth-order valence-corrected chi connectivity index (χ4v) is 4.63. The third-order valence-electron chi connectivity index (χ3n) is 8.11. The van der Waals surface area contributed by atoms with Gasteiger partial charge >= 0.3 is 0 Å². The first-order chi connectivity index (χ1) is 19.4. The second-order valence-corrected chi connectivity index (χ2v) is 12.4. The van der Waals surface area contributed by atoms with E-state index >= 15 is 0 Å². The predicted molar refractivity (Wildman–Crippen MR) is 172 cm³/mol. The standard InChI is InChI=1S/C35H45ClN2O3/c1-8-34(4,5)26-18-19-30(29(22-26)35(6,7)9-2)41-24(3)20-21-37-27-16-13-17-28(23-27)38-33(40)31(36)32(39)25-14-11-10-12-15-25/h10-19,22-24,31,37H,8-9,20-21H2,1-7H3,(H,38,40). The minimum Gasteiger partial charge on any atom is -0.490 e. The first-order valence-electron chi connectivity index (χ1n) is 14.6. The molecule has 0 aliphatic heterocycles.